The van der Waals surface area contributed by atoms with Crippen molar-refractivity contribution < 1.29 is 5.11 Å². The molecule has 0 aliphatic rings. The predicted molar refractivity (Wildman–Crippen MR) is 91.6 cm³/mol. The third-order valence-electron chi connectivity index (χ3n) is 3.29. The molecule has 0 fully saturated rings. The summed E-state index contributed by atoms with van der Waals surface area (Å²) in [7, 11) is 0. The van der Waals surface area contributed by atoms with Gasteiger partial charge in [0.2, 0.25) is 0 Å². The Morgan fingerprint density at radius 3 is 1.43 bits per heavy atom. The standard InChI is InChI=1S/C14H22O.C6H6/c1-13(2,3)10-14(4,5)11-6-8-12(15)9-7-11;1-2-4-6-5-3-1/h6-9,15H,10H2,1-5H3;1-6H. The lowest BCUT2D eigenvalue weighted by Gasteiger charge is -2.33. The largest absolute Gasteiger partial charge is 0.508 e. The van der Waals surface area contributed by atoms with Crippen LogP contribution in [0.2, 0.25) is 0 Å². The van der Waals surface area contributed by atoms with Crippen LogP contribution in [-0.2, 0) is 5.41 Å². The lowest BCUT2D eigenvalue weighted by atomic mass is 9.72. The summed E-state index contributed by atoms with van der Waals surface area (Å²) in [6.07, 6.45) is 1.13. The average molecular weight is 284 g/mol. The monoisotopic (exact) mass is 284 g/mol. The van der Waals surface area contributed by atoms with Gasteiger partial charge in [0, 0.05) is 0 Å². The number of hydrogen-bond acceptors (Lipinski definition) is 1. The highest BCUT2D eigenvalue weighted by molar-refractivity contribution is 5.30. The van der Waals surface area contributed by atoms with E-state index in [9.17, 15) is 5.11 Å². The molecule has 0 unspecified atom stereocenters. The van der Waals surface area contributed by atoms with Crippen molar-refractivity contribution in [3.8, 4) is 5.75 Å². The molecule has 2 aromatic rings. The molecule has 1 nitrogen and oxygen atoms in total. The van der Waals surface area contributed by atoms with Crippen molar-refractivity contribution in [3.05, 3.63) is 66.2 Å². The molecule has 0 amide bonds. The lowest BCUT2D eigenvalue weighted by molar-refractivity contribution is 0.284. The highest BCUT2D eigenvalue weighted by Crippen LogP contribution is 2.36. The minimum atomic E-state index is 0.159. The van der Waals surface area contributed by atoms with Gasteiger partial charge in [0.05, 0.1) is 0 Å². The van der Waals surface area contributed by atoms with E-state index in [1.54, 1.807) is 12.1 Å². The van der Waals surface area contributed by atoms with Crippen molar-refractivity contribution in [2.75, 3.05) is 0 Å². The van der Waals surface area contributed by atoms with Crippen LogP contribution in [0.15, 0.2) is 60.7 Å². The van der Waals surface area contributed by atoms with Crippen molar-refractivity contribution in [1.82, 2.24) is 0 Å². The smallest absolute Gasteiger partial charge is 0.115 e. The van der Waals surface area contributed by atoms with Gasteiger partial charge >= 0.3 is 0 Å². The summed E-state index contributed by atoms with van der Waals surface area (Å²) in [6, 6.07) is 19.6. The Balaban J connectivity index is 0.000000304. The molecule has 0 aromatic heterocycles. The Labute approximate surface area is 129 Å². The zero-order chi connectivity index (χ0) is 15.9. The third kappa shape index (κ3) is 6.99. The number of aromatic hydroxyl groups is 1. The minimum Gasteiger partial charge on any atom is -0.508 e. The first-order chi connectivity index (χ1) is 9.71. The van der Waals surface area contributed by atoms with Crippen LogP contribution in [0.25, 0.3) is 0 Å². The molecule has 0 radical (unpaired) electrons. The number of rotatable bonds is 2. The van der Waals surface area contributed by atoms with Gasteiger partial charge in [-0.05, 0) is 34.9 Å². The van der Waals surface area contributed by atoms with E-state index in [1.807, 2.05) is 48.5 Å². The second-order valence-electron chi connectivity index (χ2n) is 7.32. The van der Waals surface area contributed by atoms with Crippen LogP contribution in [0.1, 0.15) is 46.6 Å². The topological polar surface area (TPSA) is 20.2 Å². The van der Waals surface area contributed by atoms with Crippen molar-refractivity contribution in [3.63, 3.8) is 0 Å². The van der Waals surface area contributed by atoms with Crippen LogP contribution in [0, 0.1) is 5.41 Å². The van der Waals surface area contributed by atoms with Crippen LogP contribution in [0.5, 0.6) is 5.75 Å². The SMILES string of the molecule is CC(C)(C)CC(C)(C)c1ccc(O)cc1.c1ccccc1. The van der Waals surface area contributed by atoms with E-state index in [-0.39, 0.29) is 5.41 Å². The van der Waals surface area contributed by atoms with Gasteiger partial charge < -0.3 is 5.11 Å². The molecule has 1 N–H and O–H groups in total. The van der Waals surface area contributed by atoms with Crippen LogP contribution in [0.4, 0.5) is 0 Å². The fraction of sp³-hybridized carbons (Fsp3) is 0.400. The van der Waals surface area contributed by atoms with Gasteiger partial charge in [0.1, 0.15) is 5.75 Å². The maximum atomic E-state index is 9.25. The summed E-state index contributed by atoms with van der Waals surface area (Å²) in [4.78, 5) is 0. The molecule has 1 heteroatoms. The van der Waals surface area contributed by atoms with Crippen LogP contribution < -0.4 is 0 Å². The third-order valence-corrected chi connectivity index (χ3v) is 3.29. The molecule has 0 spiro atoms. The van der Waals surface area contributed by atoms with E-state index in [4.69, 9.17) is 0 Å². The minimum absolute atomic E-state index is 0.159. The highest BCUT2D eigenvalue weighted by Gasteiger charge is 2.26. The number of phenolic OH excluding ortho intramolecular Hbond substituents is 1. The molecule has 2 aromatic carbocycles. The van der Waals surface area contributed by atoms with Crippen LogP contribution >= 0.6 is 0 Å². The van der Waals surface area contributed by atoms with E-state index in [1.165, 1.54) is 5.56 Å². The molecule has 0 atom stereocenters. The molecular weight excluding hydrogens is 256 g/mol. The Kier molecular flexibility index (Phi) is 6.02. The molecule has 0 saturated carbocycles. The van der Waals surface area contributed by atoms with Crippen molar-refractivity contribution in [1.29, 1.82) is 0 Å². The Bertz CT molecular complexity index is 477. The van der Waals surface area contributed by atoms with Crippen LogP contribution in [-0.4, -0.2) is 5.11 Å². The van der Waals surface area contributed by atoms with Crippen molar-refractivity contribution in [2.24, 2.45) is 5.41 Å². The molecule has 21 heavy (non-hydrogen) atoms. The van der Waals surface area contributed by atoms with E-state index >= 15 is 0 Å². The first-order valence-electron chi connectivity index (χ1n) is 7.50. The van der Waals surface area contributed by atoms with Gasteiger partial charge in [-0.3, -0.25) is 0 Å². The molecular formula is C20H28O. The summed E-state index contributed by atoms with van der Waals surface area (Å²) in [6.45, 7) is 11.3. The zero-order valence-electron chi connectivity index (χ0n) is 13.9. The van der Waals surface area contributed by atoms with Gasteiger partial charge in [0.25, 0.3) is 0 Å². The summed E-state index contributed by atoms with van der Waals surface area (Å²) >= 11 is 0. The number of benzene rings is 2. The fourth-order valence-corrected chi connectivity index (χ4v) is 2.73. The van der Waals surface area contributed by atoms with Crippen molar-refractivity contribution >= 4 is 0 Å². The Morgan fingerprint density at radius 2 is 1.10 bits per heavy atom. The van der Waals surface area contributed by atoms with E-state index in [2.05, 4.69) is 34.6 Å². The fourth-order valence-electron chi connectivity index (χ4n) is 2.73. The van der Waals surface area contributed by atoms with Gasteiger partial charge in [-0.15, -0.1) is 0 Å². The molecule has 0 heterocycles. The van der Waals surface area contributed by atoms with Gasteiger partial charge in [-0.25, -0.2) is 0 Å². The van der Waals surface area contributed by atoms with E-state index < -0.39 is 0 Å². The summed E-state index contributed by atoms with van der Waals surface area (Å²) < 4.78 is 0. The molecule has 0 bridgehead atoms. The Hall–Kier alpha value is -1.76. The molecule has 0 saturated heterocycles. The molecule has 114 valence electrons. The second kappa shape index (κ2) is 7.31. The Morgan fingerprint density at radius 1 is 0.714 bits per heavy atom. The maximum absolute atomic E-state index is 9.25. The summed E-state index contributed by atoms with van der Waals surface area (Å²) in [5.74, 6) is 0.338. The van der Waals surface area contributed by atoms with Crippen molar-refractivity contribution in [2.45, 2.75) is 46.5 Å². The van der Waals surface area contributed by atoms with E-state index in [0.29, 0.717) is 11.2 Å². The highest BCUT2D eigenvalue weighted by atomic mass is 16.3. The quantitative estimate of drug-likeness (QED) is 0.739. The number of phenols is 1. The molecule has 0 aliphatic carbocycles. The summed E-state index contributed by atoms with van der Waals surface area (Å²) in [5.41, 5.74) is 1.77. The summed E-state index contributed by atoms with van der Waals surface area (Å²) in [5, 5.41) is 9.25. The van der Waals surface area contributed by atoms with E-state index in [0.717, 1.165) is 6.42 Å². The van der Waals surface area contributed by atoms with Gasteiger partial charge in [0.15, 0.2) is 0 Å². The number of hydrogen-bond donors (Lipinski definition) is 1. The molecule has 0 aliphatic heterocycles. The predicted octanol–water partition coefficient (Wildman–Crippen LogP) is 5.79. The normalized spacial score (nSPS) is 11.5. The maximum Gasteiger partial charge on any atom is 0.115 e. The molecule has 2 rings (SSSR count). The van der Waals surface area contributed by atoms with Crippen LogP contribution in [0.3, 0.4) is 0 Å². The van der Waals surface area contributed by atoms with Gasteiger partial charge in [-0.1, -0.05) is 83.1 Å². The zero-order valence-corrected chi connectivity index (χ0v) is 13.9. The second-order valence-corrected chi connectivity index (χ2v) is 7.32. The first-order valence-corrected chi connectivity index (χ1v) is 7.50. The first kappa shape index (κ1) is 17.3. The lowest BCUT2D eigenvalue weighted by Crippen LogP contribution is -2.24. The average Bonchev–Trinajstić information content (AvgIpc) is 2.39. The van der Waals surface area contributed by atoms with Gasteiger partial charge in [-0.2, -0.15) is 0 Å².